The van der Waals surface area contributed by atoms with Crippen molar-refractivity contribution in [2.45, 2.75) is 50.3 Å². The van der Waals surface area contributed by atoms with E-state index in [1.807, 2.05) is 6.92 Å². The fourth-order valence-corrected chi connectivity index (χ4v) is 2.83. The number of aliphatic hydroxyl groups is 1. The third kappa shape index (κ3) is 6.27. The summed E-state index contributed by atoms with van der Waals surface area (Å²) in [6.07, 6.45) is 3.27. The molecule has 4 N–H and O–H groups in total. The second kappa shape index (κ2) is 11.9. The van der Waals surface area contributed by atoms with E-state index in [-0.39, 0.29) is 29.9 Å². The van der Waals surface area contributed by atoms with E-state index in [1.165, 1.54) is 4.90 Å². The first kappa shape index (κ1) is 22.4. The number of unbranched alkanes of at least 4 members (excludes halogenated alkanes) is 1. The molecule has 0 saturated heterocycles. The maximum absolute atomic E-state index is 12.1. The summed E-state index contributed by atoms with van der Waals surface area (Å²) in [5, 5.41) is 9.53. The van der Waals surface area contributed by atoms with Crippen molar-refractivity contribution in [2.24, 2.45) is 0 Å². The van der Waals surface area contributed by atoms with Crippen LogP contribution in [0, 0.1) is 0 Å². The number of rotatable bonds is 13. The molecule has 0 saturated carbocycles. The first-order valence-corrected chi connectivity index (χ1v) is 9.76. The highest BCUT2D eigenvalue weighted by Gasteiger charge is 2.26. The third-order valence-corrected chi connectivity index (χ3v) is 4.37. The Morgan fingerprint density at radius 1 is 1.46 bits per heavy atom. The zero-order valence-corrected chi connectivity index (χ0v) is 16.3. The van der Waals surface area contributed by atoms with E-state index in [1.54, 1.807) is 6.26 Å². The minimum absolute atomic E-state index is 0.0916. The molecule has 1 aromatic rings. The Kier molecular flexibility index (Phi) is 10.3. The van der Waals surface area contributed by atoms with Gasteiger partial charge in [-0.05, 0) is 19.1 Å². The van der Waals surface area contributed by atoms with E-state index in [4.69, 9.17) is 15.2 Å². The molecule has 0 aliphatic heterocycles. The summed E-state index contributed by atoms with van der Waals surface area (Å²) < 4.78 is 11.3. The fourth-order valence-electron chi connectivity index (χ4n) is 2.26. The largest absolute Gasteiger partial charge is 0.394 e. The predicted octanol–water partition coefficient (Wildman–Crippen LogP) is 0.967. The molecule has 0 radical (unpaired) electrons. The number of ether oxygens (including phenoxy) is 2. The van der Waals surface area contributed by atoms with Gasteiger partial charge >= 0.3 is 0 Å². The summed E-state index contributed by atoms with van der Waals surface area (Å²) in [5.74, 6) is 0.0373. The first-order chi connectivity index (χ1) is 12.5. The number of nitrogens with zero attached hydrogens (tertiary/aromatic N) is 2. The summed E-state index contributed by atoms with van der Waals surface area (Å²) in [6.45, 7) is 4.41. The van der Waals surface area contributed by atoms with Crippen LogP contribution in [0.1, 0.15) is 33.1 Å². The minimum atomic E-state index is -0.723. The molecule has 0 spiro atoms. The molecule has 1 heterocycles. The van der Waals surface area contributed by atoms with Gasteiger partial charge in [0.25, 0.3) is 5.56 Å². The monoisotopic (exact) mass is 388 g/mol. The van der Waals surface area contributed by atoms with Crippen molar-refractivity contribution in [3.8, 4) is 0 Å². The van der Waals surface area contributed by atoms with Crippen molar-refractivity contribution in [2.75, 3.05) is 36.7 Å². The van der Waals surface area contributed by atoms with Gasteiger partial charge in [0, 0.05) is 6.61 Å². The van der Waals surface area contributed by atoms with E-state index in [2.05, 4.69) is 16.9 Å². The number of thioether (sulfide) groups is 1. The first-order valence-electron chi connectivity index (χ1n) is 8.53. The van der Waals surface area contributed by atoms with Gasteiger partial charge in [0.2, 0.25) is 12.4 Å². The smallest absolute Gasteiger partial charge is 0.268 e. The van der Waals surface area contributed by atoms with Crippen LogP contribution in [0.25, 0.3) is 0 Å². The molecule has 148 valence electrons. The molecule has 2 atom stereocenters. The zero-order chi connectivity index (χ0) is 19.5. The Labute approximate surface area is 157 Å². The van der Waals surface area contributed by atoms with Gasteiger partial charge in [0.05, 0.1) is 13.2 Å². The normalized spacial score (nSPS) is 13.4. The van der Waals surface area contributed by atoms with Gasteiger partial charge in [0.15, 0.2) is 5.82 Å². The van der Waals surface area contributed by atoms with Crippen molar-refractivity contribution in [1.82, 2.24) is 9.97 Å². The van der Waals surface area contributed by atoms with Gasteiger partial charge in [-0.15, -0.1) is 11.8 Å². The van der Waals surface area contributed by atoms with Gasteiger partial charge in [-0.25, -0.2) is 0 Å². The topological polar surface area (TPSA) is 131 Å². The molecule has 0 aliphatic rings. The van der Waals surface area contributed by atoms with Crippen molar-refractivity contribution in [1.29, 1.82) is 0 Å². The van der Waals surface area contributed by atoms with Crippen LogP contribution in [0.2, 0.25) is 0 Å². The summed E-state index contributed by atoms with van der Waals surface area (Å²) in [5.41, 5.74) is 5.19. The van der Waals surface area contributed by atoms with Crippen LogP contribution >= 0.6 is 11.8 Å². The number of aromatic nitrogens is 2. The van der Waals surface area contributed by atoms with Crippen LogP contribution in [0.15, 0.2) is 9.69 Å². The van der Waals surface area contributed by atoms with Crippen molar-refractivity contribution in [3.63, 3.8) is 0 Å². The van der Waals surface area contributed by atoms with E-state index >= 15 is 0 Å². The molecule has 0 bridgehead atoms. The Balaban J connectivity index is 2.98. The van der Waals surface area contributed by atoms with Crippen LogP contribution < -0.4 is 16.2 Å². The molecule has 2 unspecified atom stereocenters. The average Bonchev–Trinajstić information content (AvgIpc) is 2.63. The Bertz CT molecular complexity index is 613. The van der Waals surface area contributed by atoms with E-state index < -0.39 is 17.9 Å². The van der Waals surface area contributed by atoms with Gasteiger partial charge < -0.3 is 20.3 Å². The lowest BCUT2D eigenvalue weighted by atomic mass is 10.3. The summed E-state index contributed by atoms with van der Waals surface area (Å²) in [7, 11) is 0. The van der Waals surface area contributed by atoms with E-state index in [0.717, 1.165) is 24.6 Å². The summed E-state index contributed by atoms with van der Waals surface area (Å²) in [6, 6.07) is 0. The van der Waals surface area contributed by atoms with Crippen molar-refractivity contribution >= 4 is 29.9 Å². The number of carbonyl (C=O) groups excluding carboxylic acids is 1. The highest BCUT2D eigenvalue weighted by molar-refractivity contribution is 7.98. The number of H-pyrrole nitrogens is 1. The number of aromatic amines is 1. The van der Waals surface area contributed by atoms with Crippen molar-refractivity contribution in [3.05, 3.63) is 10.4 Å². The lowest BCUT2D eigenvalue weighted by molar-refractivity contribution is -0.115. The quantitative estimate of drug-likeness (QED) is 0.197. The van der Waals surface area contributed by atoms with Crippen LogP contribution in [0.3, 0.4) is 0 Å². The molecule has 1 amide bonds. The maximum atomic E-state index is 12.1. The second-order valence-electron chi connectivity index (χ2n) is 5.55. The number of nitrogens with one attached hydrogen (secondary N) is 1. The van der Waals surface area contributed by atoms with Crippen LogP contribution in [-0.4, -0.2) is 59.9 Å². The highest BCUT2D eigenvalue weighted by Crippen LogP contribution is 2.25. The van der Waals surface area contributed by atoms with E-state index in [9.17, 15) is 14.7 Å². The molecular formula is C16H28N4O5S. The molecule has 10 heteroatoms. The number of hydrogen-bond acceptors (Lipinski definition) is 8. The number of anilines is 2. The molecular weight excluding hydrogens is 360 g/mol. The summed E-state index contributed by atoms with van der Waals surface area (Å²) in [4.78, 5) is 31.7. The molecule has 0 aromatic carbocycles. The van der Waals surface area contributed by atoms with Crippen LogP contribution in [0.4, 0.5) is 11.8 Å². The maximum Gasteiger partial charge on any atom is 0.268 e. The lowest BCUT2D eigenvalue weighted by Crippen LogP contribution is -2.42. The van der Waals surface area contributed by atoms with E-state index in [0.29, 0.717) is 19.4 Å². The van der Waals surface area contributed by atoms with Gasteiger partial charge in [-0.2, -0.15) is 4.98 Å². The molecule has 26 heavy (non-hydrogen) atoms. The number of nitrogen functional groups attached to an aromatic ring is 1. The number of aliphatic hydroxyl groups excluding tert-OH is 1. The third-order valence-electron chi connectivity index (χ3n) is 3.60. The lowest BCUT2D eigenvalue weighted by Gasteiger charge is -2.30. The SMILES string of the molecule is CCCCOCC(CO)OC(CC)N(C=O)c1nc(N)[nH]c(=O)c1SC. The molecule has 9 nitrogen and oxygen atoms in total. The molecule has 1 rings (SSSR count). The fraction of sp³-hybridized carbons (Fsp3) is 0.688. The highest BCUT2D eigenvalue weighted by atomic mass is 32.2. The average molecular weight is 388 g/mol. The predicted molar refractivity (Wildman–Crippen MR) is 101 cm³/mol. The Morgan fingerprint density at radius 2 is 2.19 bits per heavy atom. The van der Waals surface area contributed by atoms with Crippen molar-refractivity contribution < 1.29 is 19.4 Å². The second-order valence-corrected chi connectivity index (χ2v) is 6.37. The molecule has 1 aromatic heterocycles. The molecule has 0 fully saturated rings. The van der Waals surface area contributed by atoms with Gasteiger partial charge in [0.1, 0.15) is 17.2 Å². The number of nitrogens with two attached hydrogens (primary N) is 1. The van der Waals surface area contributed by atoms with Gasteiger partial charge in [-0.3, -0.25) is 19.5 Å². The molecule has 0 aliphatic carbocycles. The van der Waals surface area contributed by atoms with Crippen LogP contribution in [0.5, 0.6) is 0 Å². The number of amides is 1. The van der Waals surface area contributed by atoms with Crippen LogP contribution in [-0.2, 0) is 14.3 Å². The Hall–Kier alpha value is -1.62. The zero-order valence-electron chi connectivity index (χ0n) is 15.4. The number of hydrogen-bond donors (Lipinski definition) is 3. The minimum Gasteiger partial charge on any atom is -0.394 e. The Morgan fingerprint density at radius 3 is 2.73 bits per heavy atom. The summed E-state index contributed by atoms with van der Waals surface area (Å²) >= 11 is 1.15. The standard InChI is InChI=1S/C16H28N4O5S/c1-4-6-7-24-9-11(8-21)25-12(5-2)20(10-22)14-13(26-3)15(23)19-16(17)18-14/h10-12,21H,4-9H2,1-3H3,(H3,17,18,19,23). The van der Waals surface area contributed by atoms with Gasteiger partial charge in [-0.1, -0.05) is 20.3 Å². The number of carbonyl (C=O) groups is 1.